The van der Waals surface area contributed by atoms with Gasteiger partial charge in [0, 0.05) is 12.3 Å². The Labute approximate surface area is 196 Å². The number of hydrogen-bond acceptors (Lipinski definition) is 7. The highest BCUT2D eigenvalue weighted by Gasteiger charge is 2.52. The number of ether oxygens (including phenoxy) is 1. The van der Waals surface area contributed by atoms with Crippen molar-refractivity contribution in [3.05, 3.63) is 58.6 Å². The van der Waals surface area contributed by atoms with Crippen LogP contribution in [0.2, 0.25) is 0 Å². The maximum atomic E-state index is 12.9. The molecule has 4 N–H and O–H groups in total. The van der Waals surface area contributed by atoms with Crippen LogP contribution >= 0.6 is 11.3 Å². The molecule has 2 unspecified atom stereocenters. The number of benzene rings is 2. The zero-order valence-corrected chi connectivity index (χ0v) is 19.7. The Morgan fingerprint density at radius 2 is 1.97 bits per heavy atom. The fraction of sp³-hybridized carbons (Fsp3) is 0.375. The molecule has 33 heavy (non-hydrogen) atoms. The zero-order valence-electron chi connectivity index (χ0n) is 18.9. The van der Waals surface area contributed by atoms with Gasteiger partial charge in [-0.3, -0.25) is 9.59 Å². The molecule has 0 bridgehead atoms. The number of amides is 1. The molecule has 9 heteroatoms. The summed E-state index contributed by atoms with van der Waals surface area (Å²) in [5.74, 6) is -1.31. The third kappa shape index (κ3) is 4.66. The number of hydrogen-bond donors (Lipinski definition) is 3. The highest BCUT2D eigenvalue weighted by atomic mass is 32.1. The summed E-state index contributed by atoms with van der Waals surface area (Å²) in [6, 6.07) is 12.9. The van der Waals surface area contributed by atoms with E-state index in [9.17, 15) is 19.6 Å². The maximum Gasteiger partial charge on any atom is 0.488 e. The number of thiazole rings is 1. The van der Waals surface area contributed by atoms with Crippen LogP contribution in [0, 0.1) is 5.41 Å². The van der Waals surface area contributed by atoms with E-state index in [0.717, 1.165) is 26.4 Å². The molecule has 1 heterocycles. The minimum atomic E-state index is -1.56. The molecule has 0 saturated heterocycles. The molecule has 3 aromatic rings. The zero-order chi connectivity index (χ0) is 24.0. The van der Waals surface area contributed by atoms with Crippen LogP contribution in [0.3, 0.4) is 0 Å². The number of nitrogens with two attached hydrogens (primary N) is 1. The molecule has 0 aliphatic heterocycles. The Hall–Kier alpha value is -2.75. The molecule has 7 nitrogen and oxygen atoms in total. The number of aromatic nitrogens is 1. The fourth-order valence-corrected chi connectivity index (χ4v) is 5.74. The van der Waals surface area contributed by atoms with Crippen LogP contribution < -0.4 is 11.2 Å². The molecule has 0 fully saturated rings. The minimum absolute atomic E-state index is 0.106. The van der Waals surface area contributed by atoms with E-state index in [2.05, 4.69) is 0 Å². The summed E-state index contributed by atoms with van der Waals surface area (Å²) in [4.78, 5) is 30.5. The molecule has 0 saturated carbocycles. The molecule has 172 valence electrons. The number of esters is 1. The molecular weight excluding hydrogens is 439 g/mol. The SMILES string of the molecule is CC(C)(C)OC(=O)CC1(C(N)=O)Cc2ccccc2C1Cc1nc2ccc(B(O)O)cc2s1. The van der Waals surface area contributed by atoms with E-state index in [0.29, 0.717) is 18.3 Å². The van der Waals surface area contributed by atoms with E-state index < -0.39 is 30.0 Å². The van der Waals surface area contributed by atoms with Gasteiger partial charge >= 0.3 is 13.1 Å². The van der Waals surface area contributed by atoms with E-state index in [1.165, 1.54) is 11.3 Å². The monoisotopic (exact) mass is 466 g/mol. The molecule has 1 aliphatic carbocycles. The molecule has 4 rings (SSSR count). The van der Waals surface area contributed by atoms with Gasteiger partial charge in [0.2, 0.25) is 5.91 Å². The van der Waals surface area contributed by atoms with Crippen molar-refractivity contribution in [2.24, 2.45) is 11.1 Å². The van der Waals surface area contributed by atoms with E-state index >= 15 is 0 Å². The molecule has 1 aliphatic rings. The lowest BCUT2D eigenvalue weighted by atomic mass is 9.71. The second-order valence-corrected chi connectivity index (χ2v) is 10.7. The van der Waals surface area contributed by atoms with Gasteiger partial charge in [-0.2, -0.15) is 0 Å². The van der Waals surface area contributed by atoms with E-state index in [-0.39, 0.29) is 12.3 Å². The predicted octanol–water partition coefficient (Wildman–Crippen LogP) is 2.06. The van der Waals surface area contributed by atoms with E-state index in [4.69, 9.17) is 15.5 Å². The van der Waals surface area contributed by atoms with Crippen LogP contribution in [0.1, 0.15) is 49.2 Å². The van der Waals surface area contributed by atoms with Crippen molar-refractivity contribution >= 4 is 46.0 Å². The first kappa shape index (κ1) is 23.4. The minimum Gasteiger partial charge on any atom is -0.460 e. The van der Waals surface area contributed by atoms with Gasteiger partial charge in [-0.15, -0.1) is 11.3 Å². The van der Waals surface area contributed by atoms with Crippen LogP contribution in [-0.2, 0) is 27.2 Å². The number of carbonyl (C=O) groups excluding carboxylic acids is 2. The summed E-state index contributed by atoms with van der Waals surface area (Å²) < 4.78 is 6.37. The molecule has 2 atom stereocenters. The second-order valence-electron chi connectivity index (χ2n) is 9.62. The Morgan fingerprint density at radius 1 is 1.24 bits per heavy atom. The van der Waals surface area contributed by atoms with Gasteiger partial charge in [-0.1, -0.05) is 30.3 Å². The first-order valence-electron chi connectivity index (χ1n) is 10.8. The number of carbonyl (C=O) groups is 2. The quantitative estimate of drug-likeness (QED) is 0.378. The first-order valence-corrected chi connectivity index (χ1v) is 11.7. The number of nitrogens with zero attached hydrogens (tertiary/aromatic N) is 1. The highest BCUT2D eigenvalue weighted by molar-refractivity contribution is 7.18. The van der Waals surface area contributed by atoms with Crippen molar-refractivity contribution in [1.82, 2.24) is 4.98 Å². The van der Waals surface area contributed by atoms with Gasteiger partial charge in [0.05, 0.1) is 27.1 Å². The van der Waals surface area contributed by atoms with Gasteiger partial charge < -0.3 is 20.5 Å². The second kappa shape index (κ2) is 8.55. The number of fused-ring (bicyclic) bond motifs is 2. The summed E-state index contributed by atoms with van der Waals surface area (Å²) >= 11 is 1.43. The third-order valence-electron chi connectivity index (χ3n) is 6.11. The lowest BCUT2D eigenvalue weighted by molar-refractivity contribution is -0.160. The van der Waals surface area contributed by atoms with Crippen LogP contribution in [-0.4, -0.2) is 39.6 Å². The Balaban J connectivity index is 1.73. The van der Waals surface area contributed by atoms with Crippen LogP contribution in [0.25, 0.3) is 10.2 Å². The normalized spacial score (nSPS) is 20.0. The highest BCUT2D eigenvalue weighted by Crippen LogP contribution is 2.51. The van der Waals surface area contributed by atoms with Gasteiger partial charge in [-0.25, -0.2) is 4.98 Å². The predicted molar refractivity (Wildman–Crippen MR) is 128 cm³/mol. The van der Waals surface area contributed by atoms with Crippen molar-refractivity contribution in [1.29, 1.82) is 0 Å². The summed E-state index contributed by atoms with van der Waals surface area (Å²) in [6.45, 7) is 5.38. The van der Waals surface area contributed by atoms with Crippen LogP contribution in [0.4, 0.5) is 0 Å². The van der Waals surface area contributed by atoms with Crippen molar-refractivity contribution in [3.8, 4) is 0 Å². The van der Waals surface area contributed by atoms with Gasteiger partial charge in [0.15, 0.2) is 0 Å². The fourth-order valence-electron chi connectivity index (χ4n) is 4.68. The first-order chi connectivity index (χ1) is 15.5. The lowest BCUT2D eigenvalue weighted by Crippen LogP contribution is -2.44. The topological polar surface area (TPSA) is 123 Å². The number of rotatable bonds is 6. The van der Waals surface area contributed by atoms with Crippen LogP contribution in [0.5, 0.6) is 0 Å². The van der Waals surface area contributed by atoms with Crippen molar-refractivity contribution < 1.29 is 24.4 Å². The largest absolute Gasteiger partial charge is 0.488 e. The summed E-state index contributed by atoms with van der Waals surface area (Å²) in [7, 11) is -1.56. The summed E-state index contributed by atoms with van der Waals surface area (Å²) in [5.41, 5.74) is 7.31. The molecule has 0 radical (unpaired) electrons. The Kier molecular flexibility index (Phi) is 6.07. The summed E-state index contributed by atoms with van der Waals surface area (Å²) in [6.07, 6.45) is 0.692. The molecule has 1 amide bonds. The standard InChI is InChI=1S/C24H27BN2O5S/c1-23(2,3)32-21(28)13-24(22(26)29)12-14-6-4-5-7-16(14)17(24)11-20-27-18-9-8-15(25(30)31)10-19(18)33-20/h4-10,17,30-31H,11-13H2,1-3H3,(H2,26,29). The van der Waals surface area contributed by atoms with Crippen molar-refractivity contribution in [3.63, 3.8) is 0 Å². The summed E-state index contributed by atoms with van der Waals surface area (Å²) in [5, 5.41) is 19.7. The maximum absolute atomic E-state index is 12.9. The Bertz CT molecular complexity index is 1220. The number of primary amides is 1. The molecule has 0 spiro atoms. The van der Waals surface area contributed by atoms with E-state index in [1.54, 1.807) is 39.0 Å². The average Bonchev–Trinajstić information content (AvgIpc) is 3.25. The van der Waals surface area contributed by atoms with Crippen LogP contribution in [0.15, 0.2) is 42.5 Å². The van der Waals surface area contributed by atoms with Crippen molar-refractivity contribution in [2.75, 3.05) is 0 Å². The molecule has 1 aromatic heterocycles. The average molecular weight is 466 g/mol. The van der Waals surface area contributed by atoms with Gasteiger partial charge in [-0.05, 0) is 55.9 Å². The van der Waals surface area contributed by atoms with Gasteiger partial charge in [0.25, 0.3) is 0 Å². The van der Waals surface area contributed by atoms with Crippen molar-refractivity contribution in [2.45, 2.75) is 51.6 Å². The Morgan fingerprint density at radius 3 is 2.64 bits per heavy atom. The van der Waals surface area contributed by atoms with Gasteiger partial charge in [0.1, 0.15) is 5.60 Å². The lowest BCUT2D eigenvalue weighted by Gasteiger charge is -2.33. The third-order valence-corrected chi connectivity index (χ3v) is 7.15. The molecule has 2 aromatic carbocycles. The molecular formula is C24H27BN2O5S. The smallest absolute Gasteiger partial charge is 0.460 e. The van der Waals surface area contributed by atoms with E-state index in [1.807, 2.05) is 24.3 Å².